The number of halogens is 3. The molecule has 5 atom stereocenters. The first-order chi connectivity index (χ1) is 22.8. The van der Waals surface area contributed by atoms with Gasteiger partial charge in [-0.05, 0) is 80.6 Å². The molecule has 0 aromatic heterocycles. The standard InChI is InChI=1S/C36H42Cl2FN5O3S/c1-7-26-13-15-29(33(46)41-16-17-42(22(5)45)21(4)19-41)43(26)34(47)31-30(20(2)3)44-32(23-8-10-24(37)11-9-23)36(6,40-35(44)48-31)27-14-12-25(38)18-28(27)39/h8-12,14,18,20-21,26,29,32H,7,13,15-17,19H2,1-6H3. The smallest absolute Gasteiger partial charge is 0.263 e. The average molecular weight is 715 g/mol. The van der Waals surface area contributed by atoms with E-state index in [4.69, 9.17) is 28.2 Å². The zero-order valence-electron chi connectivity index (χ0n) is 28.2. The topological polar surface area (TPSA) is 76.5 Å². The van der Waals surface area contributed by atoms with Crippen LogP contribution in [0.4, 0.5) is 4.39 Å². The summed E-state index contributed by atoms with van der Waals surface area (Å²) in [6.45, 7) is 12.9. The summed E-state index contributed by atoms with van der Waals surface area (Å²) in [6.07, 6.45) is 2.05. The van der Waals surface area contributed by atoms with Crippen molar-refractivity contribution in [2.75, 3.05) is 19.6 Å². The van der Waals surface area contributed by atoms with E-state index in [1.54, 1.807) is 24.0 Å². The molecule has 5 unspecified atom stereocenters. The van der Waals surface area contributed by atoms with Crippen molar-refractivity contribution in [2.24, 2.45) is 10.9 Å². The number of amidine groups is 1. The Labute approximate surface area is 296 Å². The average Bonchev–Trinajstić information content (AvgIpc) is 3.70. The van der Waals surface area contributed by atoms with Crippen LogP contribution in [-0.4, -0.2) is 80.2 Å². The van der Waals surface area contributed by atoms with E-state index in [1.165, 1.54) is 17.8 Å². The van der Waals surface area contributed by atoms with E-state index in [9.17, 15) is 14.4 Å². The number of carbonyl (C=O) groups excluding carboxylic acids is 3. The number of amides is 3. The van der Waals surface area contributed by atoms with E-state index in [0.29, 0.717) is 51.7 Å². The number of likely N-dealkylation sites (tertiary alicyclic amines) is 1. The van der Waals surface area contributed by atoms with Crippen LogP contribution in [0.15, 0.2) is 58.1 Å². The molecule has 0 radical (unpaired) electrons. The summed E-state index contributed by atoms with van der Waals surface area (Å²) >= 11 is 13.8. The number of nitrogens with zero attached hydrogens (tertiary/aromatic N) is 5. The molecule has 0 spiro atoms. The second kappa shape index (κ2) is 13.3. The van der Waals surface area contributed by atoms with Gasteiger partial charge in [0.25, 0.3) is 5.91 Å². The molecule has 2 fully saturated rings. The predicted molar refractivity (Wildman–Crippen MR) is 189 cm³/mol. The second-order valence-corrected chi connectivity index (χ2v) is 15.5. The normalized spacial score (nSPS) is 27.2. The first-order valence-electron chi connectivity index (χ1n) is 16.7. The first-order valence-corrected chi connectivity index (χ1v) is 18.2. The highest BCUT2D eigenvalue weighted by molar-refractivity contribution is 8.18. The van der Waals surface area contributed by atoms with Crippen LogP contribution in [0.3, 0.4) is 0 Å². The van der Waals surface area contributed by atoms with Gasteiger partial charge in [0.2, 0.25) is 11.8 Å². The Morgan fingerprint density at radius 1 is 1.06 bits per heavy atom. The van der Waals surface area contributed by atoms with E-state index in [1.807, 2.05) is 61.8 Å². The maximum atomic E-state index is 15.7. The predicted octanol–water partition coefficient (Wildman–Crippen LogP) is 7.22. The molecular formula is C36H42Cl2FN5O3S. The fraction of sp³-hybridized carbons (Fsp3) is 0.500. The Bertz CT molecular complexity index is 1700. The number of allylic oxidation sites excluding steroid dienone is 1. The van der Waals surface area contributed by atoms with Crippen molar-refractivity contribution in [1.82, 2.24) is 19.6 Å². The third kappa shape index (κ3) is 5.92. The van der Waals surface area contributed by atoms with Crippen LogP contribution in [0.2, 0.25) is 10.0 Å². The van der Waals surface area contributed by atoms with Crippen LogP contribution in [0.5, 0.6) is 0 Å². The second-order valence-electron chi connectivity index (χ2n) is 13.7. The van der Waals surface area contributed by atoms with Crippen molar-refractivity contribution in [1.29, 1.82) is 0 Å². The zero-order valence-corrected chi connectivity index (χ0v) is 30.5. The van der Waals surface area contributed by atoms with Crippen LogP contribution in [0.25, 0.3) is 0 Å². The summed E-state index contributed by atoms with van der Waals surface area (Å²) in [6, 6.07) is 10.9. The third-order valence-electron chi connectivity index (χ3n) is 10.3. The van der Waals surface area contributed by atoms with E-state index in [0.717, 1.165) is 24.1 Å². The minimum atomic E-state index is -1.05. The van der Waals surface area contributed by atoms with Crippen LogP contribution < -0.4 is 0 Å². The molecule has 6 rings (SSSR count). The van der Waals surface area contributed by atoms with Crippen LogP contribution in [0, 0.1) is 11.7 Å². The van der Waals surface area contributed by atoms with Gasteiger partial charge in [-0.1, -0.05) is 62.2 Å². The summed E-state index contributed by atoms with van der Waals surface area (Å²) in [7, 11) is 0. The number of aliphatic imine (C=N–C) groups is 1. The Balaban J connectivity index is 1.39. The van der Waals surface area contributed by atoms with Gasteiger partial charge < -0.3 is 19.6 Å². The molecule has 4 aliphatic rings. The number of rotatable bonds is 6. The highest BCUT2D eigenvalue weighted by Gasteiger charge is 2.55. The fourth-order valence-corrected chi connectivity index (χ4v) is 9.59. The monoisotopic (exact) mass is 713 g/mol. The summed E-state index contributed by atoms with van der Waals surface area (Å²) in [4.78, 5) is 54.3. The lowest BCUT2D eigenvalue weighted by molar-refractivity contribution is -0.147. The number of hydrogen-bond acceptors (Lipinski definition) is 6. The molecule has 3 amide bonds. The summed E-state index contributed by atoms with van der Waals surface area (Å²) in [5.41, 5.74) is 1.04. The van der Waals surface area contributed by atoms with Gasteiger partial charge in [0.1, 0.15) is 22.3 Å². The lowest BCUT2D eigenvalue weighted by Crippen LogP contribution is -2.58. The lowest BCUT2D eigenvalue weighted by atomic mass is 9.80. The van der Waals surface area contributed by atoms with E-state index in [2.05, 4.69) is 11.8 Å². The molecule has 4 aliphatic heterocycles. The van der Waals surface area contributed by atoms with Gasteiger partial charge in [-0.2, -0.15) is 0 Å². The van der Waals surface area contributed by atoms with Crippen molar-refractivity contribution in [3.05, 3.63) is 80.1 Å². The first kappa shape index (κ1) is 34.8. The maximum Gasteiger partial charge on any atom is 0.263 e. The molecule has 2 aromatic carbocycles. The van der Waals surface area contributed by atoms with Gasteiger partial charge in [-0.15, -0.1) is 0 Å². The van der Waals surface area contributed by atoms with E-state index < -0.39 is 23.4 Å². The van der Waals surface area contributed by atoms with Gasteiger partial charge in [-0.3, -0.25) is 14.4 Å². The lowest BCUT2D eigenvalue weighted by Gasteiger charge is -2.41. The molecule has 2 aromatic rings. The van der Waals surface area contributed by atoms with Crippen molar-refractivity contribution in [3.63, 3.8) is 0 Å². The molecule has 12 heteroatoms. The molecule has 0 aliphatic carbocycles. The Kier molecular flexibility index (Phi) is 9.65. The maximum absolute atomic E-state index is 15.7. The number of hydrogen-bond donors (Lipinski definition) is 0. The van der Waals surface area contributed by atoms with Gasteiger partial charge in [0.05, 0.1) is 6.04 Å². The van der Waals surface area contributed by atoms with Crippen LogP contribution >= 0.6 is 35.0 Å². The highest BCUT2D eigenvalue weighted by Crippen LogP contribution is 2.57. The molecule has 8 nitrogen and oxygen atoms in total. The summed E-state index contributed by atoms with van der Waals surface area (Å²) in [5.74, 6) is -0.776. The van der Waals surface area contributed by atoms with Crippen molar-refractivity contribution < 1.29 is 18.8 Å². The fourth-order valence-electron chi connectivity index (χ4n) is 7.95. The third-order valence-corrected chi connectivity index (χ3v) is 11.8. The Morgan fingerprint density at radius 2 is 1.75 bits per heavy atom. The summed E-state index contributed by atoms with van der Waals surface area (Å²) in [5, 5.41) is 1.49. The number of thioether (sulfide) groups is 1. The summed E-state index contributed by atoms with van der Waals surface area (Å²) < 4.78 is 15.7. The van der Waals surface area contributed by atoms with Gasteiger partial charge in [0.15, 0.2) is 5.17 Å². The molecule has 0 saturated carbocycles. The van der Waals surface area contributed by atoms with Crippen LogP contribution in [-0.2, 0) is 19.9 Å². The number of piperazine rings is 1. The van der Waals surface area contributed by atoms with Crippen molar-refractivity contribution in [3.8, 4) is 0 Å². The SMILES string of the molecule is CCC1CCC(C(=O)N2CCN(C(C)=O)C(C)C2)N1C(=O)C1=C(C(C)C)N2C(=NC(C)(c3ccc(Cl)cc3F)C2c2ccc(Cl)cc2)S1. The molecular weight excluding hydrogens is 672 g/mol. The number of carbonyl (C=O) groups is 3. The number of benzene rings is 2. The van der Waals surface area contributed by atoms with Crippen molar-refractivity contribution >= 4 is 57.9 Å². The molecule has 256 valence electrons. The molecule has 4 heterocycles. The largest absolute Gasteiger partial charge is 0.337 e. The van der Waals surface area contributed by atoms with Gasteiger partial charge >= 0.3 is 0 Å². The molecule has 48 heavy (non-hydrogen) atoms. The minimum absolute atomic E-state index is 0.00000628. The van der Waals surface area contributed by atoms with E-state index in [-0.39, 0.29) is 35.7 Å². The van der Waals surface area contributed by atoms with Gasteiger partial charge in [0, 0.05) is 59.9 Å². The van der Waals surface area contributed by atoms with Crippen LogP contribution in [0.1, 0.15) is 78.0 Å². The Hall–Kier alpha value is -3.08. The molecule has 0 bridgehead atoms. The van der Waals surface area contributed by atoms with Crippen molar-refractivity contribution in [2.45, 2.75) is 90.5 Å². The van der Waals surface area contributed by atoms with Gasteiger partial charge in [-0.25, -0.2) is 9.38 Å². The zero-order chi connectivity index (χ0) is 34.7. The number of fused-ring (bicyclic) bond motifs is 1. The molecule has 0 N–H and O–H groups in total. The van der Waals surface area contributed by atoms with E-state index >= 15 is 4.39 Å². The highest BCUT2D eigenvalue weighted by atomic mass is 35.5. The minimum Gasteiger partial charge on any atom is -0.337 e. The quantitative estimate of drug-likeness (QED) is 0.316. The Morgan fingerprint density at radius 3 is 2.35 bits per heavy atom. The molecule has 2 saturated heterocycles.